The minimum absolute atomic E-state index is 0.129. The Hall–Kier alpha value is -0.910. The SMILES string of the molecule is O=C(CN1CCOC2CCCCC21)NCc1cccs1. The van der Waals surface area contributed by atoms with Crippen LogP contribution < -0.4 is 5.32 Å². The summed E-state index contributed by atoms with van der Waals surface area (Å²) >= 11 is 1.68. The summed E-state index contributed by atoms with van der Waals surface area (Å²) in [6, 6.07) is 4.52. The van der Waals surface area contributed by atoms with Crippen molar-refractivity contribution in [2.24, 2.45) is 0 Å². The molecule has 4 nitrogen and oxygen atoms in total. The third kappa shape index (κ3) is 3.40. The van der Waals surface area contributed by atoms with Gasteiger partial charge in [0.2, 0.25) is 5.91 Å². The Morgan fingerprint density at radius 3 is 3.20 bits per heavy atom. The molecule has 1 aliphatic heterocycles. The molecular weight excluding hydrogens is 272 g/mol. The minimum atomic E-state index is 0.129. The number of fused-ring (bicyclic) bond motifs is 1. The van der Waals surface area contributed by atoms with Crippen molar-refractivity contribution in [2.75, 3.05) is 19.7 Å². The summed E-state index contributed by atoms with van der Waals surface area (Å²) in [5.41, 5.74) is 0. The lowest BCUT2D eigenvalue weighted by Gasteiger charge is -2.43. The molecule has 0 spiro atoms. The van der Waals surface area contributed by atoms with Gasteiger partial charge in [-0.25, -0.2) is 0 Å². The second-order valence-electron chi connectivity index (χ2n) is 5.59. The van der Waals surface area contributed by atoms with E-state index in [4.69, 9.17) is 4.74 Å². The number of nitrogens with one attached hydrogen (secondary N) is 1. The third-order valence-corrected chi connectivity index (χ3v) is 5.11. The van der Waals surface area contributed by atoms with Crippen molar-refractivity contribution in [3.05, 3.63) is 22.4 Å². The van der Waals surface area contributed by atoms with Gasteiger partial charge in [-0.1, -0.05) is 18.9 Å². The second kappa shape index (κ2) is 6.70. The zero-order valence-electron chi connectivity index (χ0n) is 11.7. The lowest BCUT2D eigenvalue weighted by atomic mass is 9.90. The van der Waals surface area contributed by atoms with Gasteiger partial charge in [0.15, 0.2) is 0 Å². The highest BCUT2D eigenvalue weighted by molar-refractivity contribution is 7.09. The van der Waals surface area contributed by atoms with Crippen molar-refractivity contribution in [3.8, 4) is 0 Å². The standard InChI is InChI=1S/C15H22N2O2S/c18-15(16-10-12-4-3-9-20-12)11-17-7-8-19-14-6-2-1-5-13(14)17/h3-4,9,13-14H,1-2,5-8,10-11H2,(H,16,18). The monoisotopic (exact) mass is 294 g/mol. The largest absolute Gasteiger partial charge is 0.375 e. The number of hydrogen-bond acceptors (Lipinski definition) is 4. The molecule has 0 bridgehead atoms. The minimum Gasteiger partial charge on any atom is -0.375 e. The molecule has 2 heterocycles. The summed E-state index contributed by atoms with van der Waals surface area (Å²) in [5.74, 6) is 0.129. The Balaban J connectivity index is 1.49. The summed E-state index contributed by atoms with van der Waals surface area (Å²) < 4.78 is 5.84. The van der Waals surface area contributed by atoms with Crippen LogP contribution in [-0.2, 0) is 16.1 Å². The summed E-state index contributed by atoms with van der Waals surface area (Å²) in [4.78, 5) is 15.6. The molecule has 2 unspecified atom stereocenters. The van der Waals surface area contributed by atoms with E-state index in [0.717, 1.165) is 19.6 Å². The van der Waals surface area contributed by atoms with Gasteiger partial charge in [0.1, 0.15) is 0 Å². The maximum Gasteiger partial charge on any atom is 0.234 e. The topological polar surface area (TPSA) is 41.6 Å². The van der Waals surface area contributed by atoms with Crippen LogP contribution in [0.15, 0.2) is 17.5 Å². The molecule has 1 aliphatic carbocycles. The van der Waals surface area contributed by atoms with Gasteiger partial charge in [0.25, 0.3) is 0 Å². The Morgan fingerprint density at radius 2 is 2.35 bits per heavy atom. The maximum absolute atomic E-state index is 12.1. The first-order valence-corrected chi connectivity index (χ1v) is 8.35. The first-order valence-electron chi connectivity index (χ1n) is 7.47. The molecule has 2 aliphatic rings. The normalized spacial score (nSPS) is 27.0. The molecule has 0 radical (unpaired) electrons. The van der Waals surface area contributed by atoms with Gasteiger partial charge in [0, 0.05) is 17.5 Å². The molecule has 1 saturated carbocycles. The van der Waals surface area contributed by atoms with Crippen molar-refractivity contribution in [3.63, 3.8) is 0 Å². The first-order chi connectivity index (χ1) is 9.83. The number of nitrogens with zero attached hydrogens (tertiary/aromatic N) is 1. The van der Waals surface area contributed by atoms with Gasteiger partial charge in [-0.05, 0) is 24.3 Å². The van der Waals surface area contributed by atoms with E-state index in [0.29, 0.717) is 25.2 Å². The molecule has 2 atom stereocenters. The summed E-state index contributed by atoms with van der Waals surface area (Å²) in [6.07, 6.45) is 5.20. The van der Waals surface area contributed by atoms with Crippen LogP contribution in [0, 0.1) is 0 Å². The number of morpholine rings is 1. The summed E-state index contributed by atoms with van der Waals surface area (Å²) in [5, 5.41) is 5.05. The van der Waals surface area contributed by atoms with Gasteiger partial charge in [-0.2, -0.15) is 0 Å². The fraction of sp³-hybridized carbons (Fsp3) is 0.667. The van der Waals surface area contributed by atoms with Crippen LogP contribution in [0.3, 0.4) is 0 Å². The zero-order valence-corrected chi connectivity index (χ0v) is 12.5. The average Bonchev–Trinajstić information content (AvgIpc) is 2.99. The van der Waals surface area contributed by atoms with Gasteiger partial charge in [-0.15, -0.1) is 11.3 Å². The van der Waals surface area contributed by atoms with Crippen LogP contribution in [0.5, 0.6) is 0 Å². The Morgan fingerprint density at radius 1 is 1.45 bits per heavy atom. The molecule has 1 amide bonds. The lowest BCUT2D eigenvalue weighted by molar-refractivity contribution is -0.129. The van der Waals surface area contributed by atoms with Crippen molar-refractivity contribution >= 4 is 17.2 Å². The van der Waals surface area contributed by atoms with Crippen LogP contribution in [0.4, 0.5) is 0 Å². The number of ether oxygens (including phenoxy) is 1. The van der Waals surface area contributed by atoms with E-state index in [1.165, 1.54) is 24.1 Å². The van der Waals surface area contributed by atoms with Crippen LogP contribution >= 0.6 is 11.3 Å². The van der Waals surface area contributed by atoms with E-state index in [9.17, 15) is 4.79 Å². The molecule has 110 valence electrons. The predicted octanol–water partition coefficient (Wildman–Crippen LogP) is 2.01. The Bertz CT molecular complexity index is 433. The number of thiophene rings is 1. The van der Waals surface area contributed by atoms with Crippen molar-refractivity contribution < 1.29 is 9.53 Å². The van der Waals surface area contributed by atoms with Crippen molar-refractivity contribution in [1.82, 2.24) is 10.2 Å². The van der Waals surface area contributed by atoms with Crippen LogP contribution in [0.2, 0.25) is 0 Å². The highest BCUT2D eigenvalue weighted by atomic mass is 32.1. The number of carbonyl (C=O) groups is 1. The van der Waals surface area contributed by atoms with Crippen LogP contribution in [-0.4, -0.2) is 42.6 Å². The number of hydrogen-bond donors (Lipinski definition) is 1. The molecule has 1 N–H and O–H groups in total. The number of amides is 1. The van der Waals surface area contributed by atoms with Gasteiger partial charge in [0.05, 0.1) is 25.8 Å². The highest BCUT2D eigenvalue weighted by Crippen LogP contribution is 2.28. The van der Waals surface area contributed by atoms with Gasteiger partial charge in [-0.3, -0.25) is 9.69 Å². The summed E-state index contributed by atoms with van der Waals surface area (Å²) in [6.45, 7) is 2.80. The van der Waals surface area contributed by atoms with Crippen molar-refractivity contribution in [2.45, 2.75) is 44.4 Å². The van der Waals surface area contributed by atoms with E-state index in [2.05, 4.69) is 16.3 Å². The maximum atomic E-state index is 12.1. The molecule has 2 fully saturated rings. The van der Waals surface area contributed by atoms with E-state index < -0.39 is 0 Å². The van der Waals surface area contributed by atoms with Crippen molar-refractivity contribution in [1.29, 1.82) is 0 Å². The number of rotatable bonds is 4. The molecule has 0 aromatic carbocycles. The Labute approximate surface area is 124 Å². The number of carbonyl (C=O) groups excluding carboxylic acids is 1. The molecule has 3 rings (SSSR count). The molecule has 1 saturated heterocycles. The molecule has 5 heteroatoms. The average molecular weight is 294 g/mol. The van der Waals surface area contributed by atoms with E-state index in [1.54, 1.807) is 11.3 Å². The van der Waals surface area contributed by atoms with Gasteiger partial charge < -0.3 is 10.1 Å². The van der Waals surface area contributed by atoms with Crippen LogP contribution in [0.1, 0.15) is 30.6 Å². The lowest BCUT2D eigenvalue weighted by Crippen LogP contribution is -2.55. The second-order valence-corrected chi connectivity index (χ2v) is 6.62. The molecular formula is C15H22N2O2S. The highest BCUT2D eigenvalue weighted by Gasteiger charge is 2.34. The quantitative estimate of drug-likeness (QED) is 0.923. The van der Waals surface area contributed by atoms with E-state index >= 15 is 0 Å². The Kier molecular flexibility index (Phi) is 4.70. The van der Waals surface area contributed by atoms with Crippen LogP contribution in [0.25, 0.3) is 0 Å². The summed E-state index contributed by atoms with van der Waals surface area (Å²) in [7, 11) is 0. The molecule has 1 aromatic heterocycles. The van der Waals surface area contributed by atoms with E-state index in [-0.39, 0.29) is 5.91 Å². The predicted molar refractivity (Wildman–Crippen MR) is 79.7 cm³/mol. The van der Waals surface area contributed by atoms with E-state index in [1.807, 2.05) is 11.4 Å². The zero-order chi connectivity index (χ0) is 13.8. The first kappa shape index (κ1) is 14.0. The third-order valence-electron chi connectivity index (χ3n) is 4.23. The van der Waals surface area contributed by atoms with Gasteiger partial charge >= 0.3 is 0 Å². The smallest absolute Gasteiger partial charge is 0.234 e. The molecule has 1 aromatic rings. The fourth-order valence-corrected chi connectivity index (χ4v) is 3.86. The molecule has 20 heavy (non-hydrogen) atoms. The fourth-order valence-electron chi connectivity index (χ4n) is 3.21.